The molecule has 0 atom stereocenters. The molecule has 0 saturated heterocycles. The number of fused-ring (bicyclic) bond motifs is 1. The highest BCUT2D eigenvalue weighted by Crippen LogP contribution is 2.23. The second-order valence-corrected chi connectivity index (χ2v) is 5.83. The lowest BCUT2D eigenvalue weighted by Gasteiger charge is -2.07. The highest BCUT2D eigenvalue weighted by atomic mass is 16.1. The first-order chi connectivity index (χ1) is 14.3. The standard InChI is InChI=1S/C20H17N5O/c1-13-3-5-14(6-4-13)20(26)24-19-8-15-7-17(18-11-21-12-25(18)2)22-9-16(15)10-23-19/h3-12H,1-2H3,(H,23,24,26)/i3D,4D,5D,6D. The van der Waals surface area contributed by atoms with Crippen LogP contribution in [0.4, 0.5) is 5.82 Å². The van der Waals surface area contributed by atoms with Crippen LogP contribution in [0.5, 0.6) is 0 Å². The normalized spacial score (nSPS) is 13.0. The van der Waals surface area contributed by atoms with Gasteiger partial charge in [-0.2, -0.15) is 0 Å². The number of anilines is 1. The van der Waals surface area contributed by atoms with Crippen molar-refractivity contribution in [2.24, 2.45) is 7.05 Å². The molecular formula is C20H17N5O. The van der Waals surface area contributed by atoms with E-state index in [9.17, 15) is 4.79 Å². The molecule has 4 aromatic rings. The summed E-state index contributed by atoms with van der Waals surface area (Å²) in [6, 6.07) is 2.29. The largest absolute Gasteiger partial charge is 0.332 e. The molecule has 1 N–H and O–H groups in total. The minimum absolute atomic E-state index is 0.195. The Bertz CT molecular complexity index is 1290. The summed E-state index contributed by atoms with van der Waals surface area (Å²) in [5.41, 5.74) is 1.43. The predicted octanol–water partition coefficient (Wildman–Crippen LogP) is 3.59. The van der Waals surface area contributed by atoms with E-state index < -0.39 is 5.91 Å². The quantitative estimate of drug-likeness (QED) is 0.615. The van der Waals surface area contributed by atoms with Gasteiger partial charge in [-0.3, -0.25) is 9.78 Å². The number of rotatable bonds is 3. The van der Waals surface area contributed by atoms with Gasteiger partial charge in [0.2, 0.25) is 0 Å². The number of nitrogens with zero attached hydrogens (tertiary/aromatic N) is 4. The first-order valence-corrected chi connectivity index (χ1v) is 7.88. The second-order valence-electron chi connectivity index (χ2n) is 5.83. The maximum atomic E-state index is 12.7. The SMILES string of the molecule is [2H]c1c([2H])c(C(=O)Nc2cc3cc(-c4cncn4C)ncc3cn2)c([2H])c([2H])c1C. The summed E-state index contributed by atoms with van der Waals surface area (Å²) in [5, 5.41) is 4.14. The topological polar surface area (TPSA) is 72.7 Å². The van der Waals surface area contributed by atoms with Crippen LogP contribution in [-0.4, -0.2) is 25.4 Å². The van der Waals surface area contributed by atoms with Crippen LogP contribution in [0, 0.1) is 6.92 Å². The van der Waals surface area contributed by atoms with Gasteiger partial charge < -0.3 is 9.88 Å². The Morgan fingerprint density at radius 2 is 1.85 bits per heavy atom. The summed E-state index contributed by atoms with van der Waals surface area (Å²) in [7, 11) is 1.87. The van der Waals surface area contributed by atoms with E-state index in [-0.39, 0.29) is 41.1 Å². The molecule has 4 rings (SSSR count). The summed E-state index contributed by atoms with van der Waals surface area (Å²) in [6.45, 7) is 1.49. The second kappa shape index (κ2) is 6.40. The van der Waals surface area contributed by atoms with Crippen LogP contribution < -0.4 is 5.32 Å². The Morgan fingerprint density at radius 3 is 2.58 bits per heavy atom. The number of hydrogen-bond donors (Lipinski definition) is 1. The fourth-order valence-electron chi connectivity index (χ4n) is 2.52. The average Bonchev–Trinajstić information content (AvgIpc) is 3.16. The number of benzene rings is 1. The Morgan fingerprint density at radius 1 is 1.08 bits per heavy atom. The van der Waals surface area contributed by atoms with Crippen molar-refractivity contribution in [3.8, 4) is 11.4 Å². The highest BCUT2D eigenvalue weighted by molar-refractivity contribution is 6.04. The van der Waals surface area contributed by atoms with E-state index in [1.165, 1.54) is 6.92 Å². The third-order valence-corrected chi connectivity index (χ3v) is 3.90. The number of hydrogen-bond acceptors (Lipinski definition) is 4. The predicted molar refractivity (Wildman–Crippen MR) is 101 cm³/mol. The van der Waals surface area contributed by atoms with Crippen molar-refractivity contribution in [3.05, 3.63) is 72.3 Å². The fourth-order valence-corrected chi connectivity index (χ4v) is 2.52. The van der Waals surface area contributed by atoms with Crippen LogP contribution in [0.3, 0.4) is 0 Å². The number of aromatic nitrogens is 4. The first-order valence-electron chi connectivity index (χ1n) is 9.88. The lowest BCUT2D eigenvalue weighted by atomic mass is 10.1. The van der Waals surface area contributed by atoms with Gasteiger partial charge >= 0.3 is 0 Å². The summed E-state index contributed by atoms with van der Waals surface area (Å²) >= 11 is 0. The molecule has 6 nitrogen and oxygen atoms in total. The Balaban J connectivity index is 1.71. The monoisotopic (exact) mass is 347 g/mol. The van der Waals surface area contributed by atoms with Crippen molar-refractivity contribution >= 4 is 22.5 Å². The maximum absolute atomic E-state index is 12.7. The summed E-state index contributed by atoms with van der Waals surface area (Å²) in [5.74, 6) is -0.521. The molecule has 1 amide bonds. The summed E-state index contributed by atoms with van der Waals surface area (Å²) in [4.78, 5) is 25.4. The maximum Gasteiger partial charge on any atom is 0.256 e. The molecule has 6 heteroatoms. The number of carbonyl (C=O) groups excluding carboxylic acids is 1. The molecule has 0 saturated carbocycles. The molecule has 0 radical (unpaired) electrons. The lowest BCUT2D eigenvalue weighted by Crippen LogP contribution is -2.12. The molecule has 26 heavy (non-hydrogen) atoms. The zero-order valence-electron chi connectivity index (χ0n) is 18.2. The smallest absolute Gasteiger partial charge is 0.256 e. The molecule has 3 aromatic heterocycles. The van der Waals surface area contributed by atoms with Crippen molar-refractivity contribution in [1.82, 2.24) is 19.5 Å². The van der Waals surface area contributed by atoms with Crippen LogP contribution in [0.15, 0.2) is 61.2 Å². The van der Waals surface area contributed by atoms with Gasteiger partial charge in [0.05, 0.1) is 29.4 Å². The molecule has 0 aliphatic heterocycles. The minimum atomic E-state index is -0.750. The first kappa shape index (κ1) is 11.9. The van der Waals surface area contributed by atoms with Crippen molar-refractivity contribution in [3.63, 3.8) is 0 Å². The zero-order chi connectivity index (χ0) is 21.6. The van der Waals surface area contributed by atoms with Gasteiger partial charge in [-0.25, -0.2) is 9.97 Å². The van der Waals surface area contributed by atoms with Crippen LogP contribution in [-0.2, 0) is 7.05 Å². The Labute approximate surface area is 156 Å². The van der Waals surface area contributed by atoms with Gasteiger partial charge in [0, 0.05) is 30.4 Å². The van der Waals surface area contributed by atoms with Crippen LogP contribution >= 0.6 is 0 Å². The van der Waals surface area contributed by atoms with Crippen LogP contribution in [0.25, 0.3) is 22.2 Å². The third kappa shape index (κ3) is 3.04. The summed E-state index contributed by atoms with van der Waals surface area (Å²) < 4.78 is 33.8. The Hall–Kier alpha value is -3.54. The molecule has 0 bridgehead atoms. The van der Waals surface area contributed by atoms with Gasteiger partial charge in [0.1, 0.15) is 5.82 Å². The van der Waals surface area contributed by atoms with Gasteiger partial charge in [0.15, 0.2) is 0 Å². The average molecular weight is 347 g/mol. The van der Waals surface area contributed by atoms with E-state index in [0.717, 1.165) is 16.5 Å². The molecule has 3 heterocycles. The van der Waals surface area contributed by atoms with E-state index in [4.69, 9.17) is 5.48 Å². The third-order valence-electron chi connectivity index (χ3n) is 3.90. The molecule has 1 aromatic carbocycles. The molecular weight excluding hydrogens is 326 g/mol. The minimum Gasteiger partial charge on any atom is -0.332 e. The van der Waals surface area contributed by atoms with Crippen molar-refractivity contribution < 1.29 is 10.3 Å². The molecule has 0 spiro atoms. The van der Waals surface area contributed by atoms with Crippen molar-refractivity contribution in [2.75, 3.05) is 5.32 Å². The van der Waals surface area contributed by atoms with Gasteiger partial charge in [0.25, 0.3) is 5.91 Å². The van der Waals surface area contributed by atoms with Crippen molar-refractivity contribution in [1.29, 1.82) is 0 Å². The number of carbonyl (C=O) groups is 1. The molecule has 0 aliphatic carbocycles. The molecule has 0 unspecified atom stereocenters. The van der Waals surface area contributed by atoms with Crippen molar-refractivity contribution in [2.45, 2.75) is 6.92 Å². The highest BCUT2D eigenvalue weighted by Gasteiger charge is 2.09. The number of imidazole rings is 1. The van der Waals surface area contributed by atoms with E-state index in [0.29, 0.717) is 5.69 Å². The van der Waals surface area contributed by atoms with Gasteiger partial charge in [-0.05, 0) is 36.5 Å². The molecule has 0 aliphatic rings. The number of amides is 1. The Kier molecular flexibility index (Phi) is 2.93. The number of aryl methyl sites for hydroxylation is 1. The van der Waals surface area contributed by atoms with E-state index in [1.807, 2.05) is 17.7 Å². The van der Waals surface area contributed by atoms with E-state index in [1.54, 1.807) is 31.0 Å². The van der Waals surface area contributed by atoms with Gasteiger partial charge in [-0.1, -0.05) is 17.6 Å². The number of pyridine rings is 2. The summed E-state index contributed by atoms with van der Waals surface area (Å²) in [6.07, 6.45) is 6.63. The lowest BCUT2D eigenvalue weighted by molar-refractivity contribution is 0.102. The molecule has 128 valence electrons. The molecule has 0 fully saturated rings. The van der Waals surface area contributed by atoms with Crippen LogP contribution in [0.2, 0.25) is 0 Å². The number of nitrogens with one attached hydrogen (secondary N) is 1. The van der Waals surface area contributed by atoms with E-state index >= 15 is 0 Å². The van der Waals surface area contributed by atoms with E-state index in [2.05, 4.69) is 20.3 Å². The fraction of sp³-hybridized carbons (Fsp3) is 0.100. The van der Waals surface area contributed by atoms with Gasteiger partial charge in [-0.15, -0.1) is 0 Å². The zero-order valence-corrected chi connectivity index (χ0v) is 14.2. The van der Waals surface area contributed by atoms with Crippen LogP contribution in [0.1, 0.15) is 21.4 Å².